The maximum Gasteiger partial charge on any atom is 0.279 e. The Morgan fingerprint density at radius 2 is 1.62 bits per heavy atom. The van der Waals surface area contributed by atoms with Crippen molar-refractivity contribution < 1.29 is 36.4 Å². The van der Waals surface area contributed by atoms with Gasteiger partial charge in [0, 0.05) is 11.8 Å². The third kappa shape index (κ3) is 4.29. The molecule has 0 saturated heterocycles. The van der Waals surface area contributed by atoms with Gasteiger partial charge in [0.25, 0.3) is 5.91 Å². The van der Waals surface area contributed by atoms with E-state index in [-0.39, 0.29) is 11.4 Å². The molecule has 0 aliphatic heterocycles. The first-order valence-electron chi connectivity index (χ1n) is 7.50. The van der Waals surface area contributed by atoms with Crippen LogP contribution in [0.15, 0.2) is 24.3 Å². The van der Waals surface area contributed by atoms with Gasteiger partial charge in [-0.15, -0.1) is 0 Å². The van der Waals surface area contributed by atoms with E-state index in [4.69, 9.17) is 4.74 Å². The number of ether oxygens (including phenoxy) is 1. The summed E-state index contributed by atoms with van der Waals surface area (Å²) in [6.07, 6.45) is 0. The maximum absolute atomic E-state index is 13.7. The van der Waals surface area contributed by atoms with E-state index in [1.165, 1.54) is 14.2 Å². The topological polar surface area (TPSA) is 42.8 Å². The molecule has 0 radical (unpaired) electrons. The highest BCUT2D eigenvalue weighted by Crippen LogP contribution is 2.22. The first-order chi connectivity index (χ1) is 12.2. The molecule has 0 fully saturated rings. The Balaban J connectivity index is 2.07. The number of carbonyl (C=O) groups excluding carboxylic acids is 1. The Kier molecular flexibility index (Phi) is 6.14. The maximum atomic E-state index is 13.7. The summed E-state index contributed by atoms with van der Waals surface area (Å²) < 4.78 is 71.8. The lowest BCUT2D eigenvalue weighted by atomic mass is 10.1. The molecule has 0 saturated carbocycles. The highest BCUT2D eigenvalue weighted by molar-refractivity contribution is 5.91. The van der Waals surface area contributed by atoms with Crippen LogP contribution in [0.5, 0.6) is 5.75 Å². The molecule has 140 valence electrons. The summed E-state index contributed by atoms with van der Waals surface area (Å²) in [5.74, 6) is -10.00. The van der Waals surface area contributed by atoms with Crippen molar-refractivity contribution >= 4 is 11.6 Å². The molecule has 2 aromatic carbocycles. The van der Waals surface area contributed by atoms with Crippen LogP contribution in [0.1, 0.15) is 5.56 Å². The van der Waals surface area contributed by atoms with Crippen LogP contribution in [0, 0.1) is 29.1 Å². The SMILES string of the molecule is COc1cccc(NC(=O)C[NH+](C)Cc2c(F)c(F)c(F)c(F)c2F)c1. The standard InChI is InChI=1S/C17H15F5N2O2/c1-24(7-11-13(18)15(20)17(22)16(21)14(11)19)8-12(25)23-9-4-3-5-10(6-9)26-2/h3-6H,7-8H2,1-2H3,(H,23,25)/p+1. The van der Waals surface area contributed by atoms with E-state index in [0.717, 1.165) is 0 Å². The van der Waals surface area contributed by atoms with Crippen molar-refractivity contribution in [2.24, 2.45) is 0 Å². The number of benzene rings is 2. The number of halogens is 5. The number of rotatable bonds is 6. The van der Waals surface area contributed by atoms with E-state index >= 15 is 0 Å². The minimum absolute atomic E-state index is 0.230. The number of likely N-dealkylation sites (N-methyl/N-ethyl adjacent to an activating group) is 1. The summed E-state index contributed by atoms with van der Waals surface area (Å²) in [5.41, 5.74) is -0.522. The number of carbonyl (C=O) groups is 1. The lowest BCUT2D eigenvalue weighted by Crippen LogP contribution is -3.08. The van der Waals surface area contributed by atoms with Crippen molar-refractivity contribution in [1.82, 2.24) is 0 Å². The zero-order valence-electron chi connectivity index (χ0n) is 13.9. The molecule has 0 bridgehead atoms. The molecule has 9 heteroatoms. The molecular weight excluding hydrogens is 359 g/mol. The van der Waals surface area contributed by atoms with Crippen LogP contribution in [0.2, 0.25) is 0 Å². The number of amides is 1. The van der Waals surface area contributed by atoms with Gasteiger partial charge >= 0.3 is 0 Å². The summed E-state index contributed by atoms with van der Waals surface area (Å²) in [5, 5.41) is 2.56. The molecule has 0 spiro atoms. The highest BCUT2D eigenvalue weighted by Gasteiger charge is 2.27. The fraction of sp³-hybridized carbons (Fsp3) is 0.235. The Morgan fingerprint density at radius 1 is 1.04 bits per heavy atom. The Hall–Kier alpha value is -2.68. The zero-order chi connectivity index (χ0) is 19.4. The Bertz CT molecular complexity index is 800. The third-order valence-electron chi connectivity index (χ3n) is 3.60. The van der Waals surface area contributed by atoms with Gasteiger partial charge in [0.05, 0.1) is 19.7 Å². The van der Waals surface area contributed by atoms with E-state index in [9.17, 15) is 26.7 Å². The van der Waals surface area contributed by atoms with Gasteiger partial charge in [0.2, 0.25) is 5.82 Å². The van der Waals surface area contributed by atoms with Crippen LogP contribution >= 0.6 is 0 Å². The van der Waals surface area contributed by atoms with Gasteiger partial charge < -0.3 is 15.0 Å². The average Bonchev–Trinajstić information content (AvgIpc) is 2.62. The molecule has 4 nitrogen and oxygen atoms in total. The van der Waals surface area contributed by atoms with Crippen molar-refractivity contribution in [2.45, 2.75) is 6.54 Å². The first-order valence-corrected chi connectivity index (χ1v) is 7.50. The van der Waals surface area contributed by atoms with Gasteiger partial charge in [-0.05, 0) is 12.1 Å². The van der Waals surface area contributed by atoms with Gasteiger partial charge in [-0.25, -0.2) is 22.0 Å². The van der Waals surface area contributed by atoms with Gasteiger partial charge in [-0.3, -0.25) is 4.79 Å². The zero-order valence-corrected chi connectivity index (χ0v) is 13.9. The van der Waals surface area contributed by atoms with Gasteiger partial charge in [-0.2, -0.15) is 0 Å². The normalized spacial score (nSPS) is 12.0. The minimum atomic E-state index is -2.21. The number of anilines is 1. The minimum Gasteiger partial charge on any atom is -0.497 e. The van der Waals surface area contributed by atoms with Crippen molar-refractivity contribution in [3.63, 3.8) is 0 Å². The number of hydrogen-bond acceptors (Lipinski definition) is 2. The van der Waals surface area contributed by atoms with E-state index < -0.39 is 47.1 Å². The quantitative estimate of drug-likeness (QED) is 0.461. The van der Waals surface area contributed by atoms with E-state index in [2.05, 4.69) is 5.32 Å². The summed E-state index contributed by atoms with van der Waals surface area (Å²) in [6, 6.07) is 6.51. The predicted molar refractivity (Wildman–Crippen MR) is 83.3 cm³/mol. The van der Waals surface area contributed by atoms with Crippen LogP contribution in [0.25, 0.3) is 0 Å². The number of nitrogens with one attached hydrogen (secondary N) is 2. The lowest BCUT2D eigenvalue weighted by molar-refractivity contribution is -0.885. The van der Waals surface area contributed by atoms with Crippen LogP contribution in [0.4, 0.5) is 27.6 Å². The number of quaternary nitrogens is 1. The molecule has 2 N–H and O–H groups in total. The second-order valence-corrected chi connectivity index (χ2v) is 5.64. The summed E-state index contributed by atoms with van der Waals surface area (Å²) in [4.78, 5) is 12.2. The molecular formula is C17H16F5N2O2+. The van der Waals surface area contributed by atoms with Gasteiger partial charge in [-0.1, -0.05) is 6.07 Å². The number of hydrogen-bond donors (Lipinski definition) is 2. The molecule has 26 heavy (non-hydrogen) atoms. The lowest BCUT2D eigenvalue weighted by Gasteiger charge is -2.15. The van der Waals surface area contributed by atoms with E-state index in [1.807, 2.05) is 0 Å². The van der Waals surface area contributed by atoms with Gasteiger partial charge in [0.1, 0.15) is 12.3 Å². The third-order valence-corrected chi connectivity index (χ3v) is 3.60. The summed E-state index contributed by atoms with van der Waals surface area (Å²) in [6.45, 7) is -0.811. The highest BCUT2D eigenvalue weighted by atomic mass is 19.2. The molecule has 0 aliphatic rings. The molecule has 2 aromatic rings. The number of methoxy groups -OCH3 is 1. The monoisotopic (exact) mass is 375 g/mol. The molecule has 1 amide bonds. The second kappa shape index (κ2) is 8.13. The summed E-state index contributed by atoms with van der Waals surface area (Å²) >= 11 is 0. The van der Waals surface area contributed by atoms with E-state index in [0.29, 0.717) is 11.4 Å². The van der Waals surface area contributed by atoms with Gasteiger partial charge in [0.15, 0.2) is 29.8 Å². The molecule has 0 aliphatic carbocycles. The van der Waals surface area contributed by atoms with Crippen LogP contribution in [-0.2, 0) is 11.3 Å². The van der Waals surface area contributed by atoms with E-state index in [1.54, 1.807) is 24.3 Å². The molecule has 0 aromatic heterocycles. The van der Waals surface area contributed by atoms with Crippen LogP contribution < -0.4 is 15.0 Å². The van der Waals surface area contributed by atoms with Crippen LogP contribution in [-0.4, -0.2) is 26.6 Å². The molecule has 2 rings (SSSR count). The Morgan fingerprint density at radius 3 is 2.19 bits per heavy atom. The molecule has 1 unspecified atom stereocenters. The largest absolute Gasteiger partial charge is 0.497 e. The smallest absolute Gasteiger partial charge is 0.279 e. The van der Waals surface area contributed by atoms with Crippen molar-refractivity contribution in [3.05, 3.63) is 58.9 Å². The molecule has 1 atom stereocenters. The first kappa shape index (κ1) is 19.6. The van der Waals surface area contributed by atoms with Crippen LogP contribution in [0.3, 0.4) is 0 Å². The molecule has 0 heterocycles. The van der Waals surface area contributed by atoms with Crippen molar-refractivity contribution in [1.29, 1.82) is 0 Å². The Labute approximate surface area is 146 Å². The average molecular weight is 375 g/mol. The fourth-order valence-electron chi connectivity index (χ4n) is 2.35. The van der Waals surface area contributed by atoms with Crippen molar-refractivity contribution in [3.8, 4) is 5.75 Å². The predicted octanol–water partition coefficient (Wildman–Crippen LogP) is 2.04. The second-order valence-electron chi connectivity index (χ2n) is 5.64. The summed E-state index contributed by atoms with van der Waals surface area (Å²) in [7, 11) is 2.85. The fourth-order valence-corrected chi connectivity index (χ4v) is 2.35. The van der Waals surface area contributed by atoms with Crippen molar-refractivity contribution in [2.75, 3.05) is 26.0 Å².